The van der Waals surface area contributed by atoms with Gasteiger partial charge in [0, 0.05) is 18.2 Å². The lowest BCUT2D eigenvalue weighted by Gasteiger charge is -2.08. The van der Waals surface area contributed by atoms with Crippen LogP contribution in [0.25, 0.3) is 16.9 Å². The van der Waals surface area contributed by atoms with Gasteiger partial charge in [-0.25, -0.2) is 4.98 Å². The predicted octanol–water partition coefficient (Wildman–Crippen LogP) is 4.35. The number of ether oxygens (including phenoxy) is 2. The summed E-state index contributed by atoms with van der Waals surface area (Å²) in [5, 5.41) is 0. The predicted molar refractivity (Wildman–Crippen MR) is 96.0 cm³/mol. The lowest BCUT2D eigenvalue weighted by molar-refractivity contribution is 0.288. The standard InChI is InChI=1S/C17H16FIN2O2/c1-22-13-4-6-17-20-15(11-21(17)10-13)12-3-5-16(14(19)9-12)23-8-2-7-18/h3-6,9-11H,2,7-8H2,1H3/i19-4. The molecule has 4 nitrogen and oxygen atoms in total. The van der Waals surface area contributed by atoms with E-state index in [1.807, 2.05) is 47.1 Å². The quantitative estimate of drug-likeness (QED) is 0.438. The number of halogens is 2. The minimum Gasteiger partial charge on any atom is -0.495 e. The second-order valence-electron chi connectivity index (χ2n) is 5.00. The van der Waals surface area contributed by atoms with Gasteiger partial charge in [0.2, 0.25) is 0 Å². The highest BCUT2D eigenvalue weighted by Crippen LogP contribution is 2.28. The maximum absolute atomic E-state index is 12.1. The van der Waals surface area contributed by atoms with Crippen LogP contribution in [0.3, 0.4) is 0 Å². The molecule has 0 saturated carbocycles. The molecule has 1 aromatic carbocycles. The van der Waals surface area contributed by atoms with Gasteiger partial charge in [0.15, 0.2) is 0 Å². The number of pyridine rings is 1. The Morgan fingerprint density at radius 3 is 2.83 bits per heavy atom. The van der Waals surface area contributed by atoms with Crippen molar-refractivity contribution in [1.29, 1.82) is 0 Å². The summed E-state index contributed by atoms with van der Waals surface area (Å²) in [5.41, 5.74) is 2.75. The lowest BCUT2D eigenvalue weighted by atomic mass is 10.1. The van der Waals surface area contributed by atoms with Crippen molar-refractivity contribution < 1.29 is 13.9 Å². The molecule has 0 bridgehead atoms. The number of rotatable bonds is 6. The second-order valence-corrected chi connectivity index (χ2v) is 6.16. The first-order valence-corrected chi connectivity index (χ1v) is 8.30. The topological polar surface area (TPSA) is 35.8 Å². The lowest BCUT2D eigenvalue weighted by Crippen LogP contribution is -1.99. The molecule has 2 aromatic heterocycles. The number of hydrogen-bond donors (Lipinski definition) is 0. The Bertz CT molecular complexity index is 819. The Labute approximate surface area is 147 Å². The van der Waals surface area contributed by atoms with E-state index in [-0.39, 0.29) is 6.67 Å². The highest BCUT2D eigenvalue weighted by atomic mass is 123. The van der Waals surface area contributed by atoms with E-state index in [1.54, 1.807) is 7.11 Å². The van der Waals surface area contributed by atoms with Crippen molar-refractivity contribution in [2.45, 2.75) is 6.42 Å². The van der Waals surface area contributed by atoms with Gasteiger partial charge in [-0.1, -0.05) is 0 Å². The summed E-state index contributed by atoms with van der Waals surface area (Å²) >= 11 is 2.22. The fourth-order valence-corrected chi connectivity index (χ4v) is 2.92. The number of nitrogens with zero attached hydrogens (tertiary/aromatic N) is 2. The van der Waals surface area contributed by atoms with Crippen LogP contribution < -0.4 is 9.47 Å². The first-order valence-electron chi connectivity index (χ1n) is 7.22. The molecule has 0 aliphatic carbocycles. The summed E-state index contributed by atoms with van der Waals surface area (Å²) in [5.74, 6) is 1.56. The van der Waals surface area contributed by atoms with Gasteiger partial charge in [-0.2, -0.15) is 0 Å². The molecule has 2 heterocycles. The Balaban J connectivity index is 1.87. The number of benzene rings is 1. The van der Waals surface area contributed by atoms with Crippen LogP contribution >= 0.6 is 22.6 Å². The molecular weight excluding hydrogens is 406 g/mol. The van der Waals surface area contributed by atoms with Gasteiger partial charge in [-0.3, -0.25) is 4.39 Å². The smallest absolute Gasteiger partial charge is 0.137 e. The summed E-state index contributed by atoms with van der Waals surface area (Å²) < 4.78 is 25.8. The van der Waals surface area contributed by atoms with Gasteiger partial charge >= 0.3 is 0 Å². The number of fused-ring (bicyclic) bond motifs is 1. The van der Waals surface area contributed by atoms with Gasteiger partial charge in [0.25, 0.3) is 0 Å². The zero-order valence-corrected chi connectivity index (χ0v) is 14.8. The third kappa shape index (κ3) is 3.57. The van der Waals surface area contributed by atoms with Crippen molar-refractivity contribution in [3.63, 3.8) is 0 Å². The summed E-state index contributed by atoms with van der Waals surface area (Å²) in [4.78, 5) is 4.62. The average molecular weight is 422 g/mol. The number of aromatic nitrogens is 2. The van der Waals surface area contributed by atoms with Crippen LogP contribution in [0.5, 0.6) is 11.5 Å². The normalized spacial score (nSPS) is 10.9. The molecule has 0 radical (unpaired) electrons. The monoisotopic (exact) mass is 422 g/mol. The van der Waals surface area contributed by atoms with Crippen molar-refractivity contribution in [1.82, 2.24) is 9.38 Å². The maximum atomic E-state index is 12.1. The number of hydrogen-bond acceptors (Lipinski definition) is 3. The molecule has 0 N–H and O–H groups in total. The van der Waals surface area contributed by atoms with Gasteiger partial charge < -0.3 is 13.9 Å². The van der Waals surface area contributed by atoms with Gasteiger partial charge in [-0.15, -0.1) is 0 Å². The third-order valence-corrected chi connectivity index (χ3v) is 4.27. The maximum Gasteiger partial charge on any atom is 0.137 e. The van der Waals surface area contributed by atoms with Crippen LogP contribution in [0.4, 0.5) is 4.39 Å². The fourth-order valence-electron chi connectivity index (χ4n) is 2.25. The summed E-state index contributed by atoms with van der Waals surface area (Å²) in [7, 11) is 1.64. The van der Waals surface area contributed by atoms with Crippen molar-refractivity contribution in [2.24, 2.45) is 0 Å². The first-order chi connectivity index (χ1) is 11.2. The Hall–Kier alpha value is -1.83. The molecular formula is C17H16FIN2O2. The van der Waals surface area contributed by atoms with Crippen molar-refractivity contribution >= 4 is 28.2 Å². The molecule has 3 rings (SSSR count). The molecule has 0 aliphatic rings. The Morgan fingerprint density at radius 1 is 1.22 bits per heavy atom. The zero-order valence-electron chi connectivity index (χ0n) is 12.6. The molecule has 0 fully saturated rings. The molecule has 0 amide bonds. The van der Waals surface area contributed by atoms with Crippen molar-refractivity contribution in [3.8, 4) is 22.8 Å². The van der Waals surface area contributed by atoms with E-state index < -0.39 is 0 Å². The van der Waals surface area contributed by atoms with E-state index in [9.17, 15) is 4.39 Å². The molecule has 0 unspecified atom stereocenters. The summed E-state index contributed by atoms with van der Waals surface area (Å²) in [6.45, 7) is 0.0272. The van der Waals surface area contributed by atoms with Crippen molar-refractivity contribution in [2.75, 3.05) is 20.4 Å². The van der Waals surface area contributed by atoms with E-state index in [1.165, 1.54) is 0 Å². The molecule has 6 heteroatoms. The molecule has 0 saturated heterocycles. The van der Waals surface area contributed by atoms with E-state index in [0.717, 1.165) is 32.0 Å². The zero-order chi connectivity index (χ0) is 16.2. The minimum absolute atomic E-state index is 0.362. The highest BCUT2D eigenvalue weighted by Gasteiger charge is 2.08. The van der Waals surface area contributed by atoms with Crippen LogP contribution in [0.15, 0.2) is 42.7 Å². The molecule has 3 aromatic rings. The summed E-state index contributed by atoms with van der Waals surface area (Å²) in [6, 6.07) is 9.69. The van der Waals surface area contributed by atoms with E-state index in [0.29, 0.717) is 13.0 Å². The SMILES string of the molecule is COc1ccc2nc(-c3ccc(OCCCF)c([123I])c3)cn2c1. The minimum atomic E-state index is -0.362. The van der Waals surface area contributed by atoms with E-state index >= 15 is 0 Å². The Morgan fingerprint density at radius 2 is 2.09 bits per heavy atom. The van der Waals surface area contributed by atoms with Crippen LogP contribution in [0, 0.1) is 3.57 Å². The average Bonchev–Trinajstić information content (AvgIpc) is 2.99. The molecule has 120 valence electrons. The van der Waals surface area contributed by atoms with Gasteiger partial charge in [-0.05, 0) is 52.9 Å². The van der Waals surface area contributed by atoms with Gasteiger partial charge in [0.1, 0.15) is 17.1 Å². The fraction of sp³-hybridized carbons (Fsp3) is 0.235. The molecule has 23 heavy (non-hydrogen) atoms. The molecule has 0 atom stereocenters. The van der Waals surface area contributed by atoms with Gasteiger partial charge in [0.05, 0.1) is 35.9 Å². The molecule has 0 aliphatic heterocycles. The molecule has 0 spiro atoms. The van der Waals surface area contributed by atoms with Crippen molar-refractivity contribution in [3.05, 3.63) is 46.3 Å². The van der Waals surface area contributed by atoms with Crippen LogP contribution in [0.2, 0.25) is 0 Å². The summed E-state index contributed by atoms with van der Waals surface area (Å²) in [6.07, 6.45) is 4.27. The van der Waals surface area contributed by atoms with Crippen LogP contribution in [0.1, 0.15) is 6.42 Å². The number of imidazole rings is 1. The number of methoxy groups -OCH3 is 1. The van der Waals surface area contributed by atoms with E-state index in [2.05, 4.69) is 27.6 Å². The number of alkyl halides is 1. The van der Waals surface area contributed by atoms with E-state index in [4.69, 9.17) is 9.47 Å². The van der Waals surface area contributed by atoms with Crippen LogP contribution in [-0.2, 0) is 0 Å². The third-order valence-electron chi connectivity index (χ3n) is 3.42. The second kappa shape index (κ2) is 7.16. The highest BCUT2D eigenvalue weighted by molar-refractivity contribution is 14.1. The Kier molecular flexibility index (Phi) is 5.00. The largest absolute Gasteiger partial charge is 0.495 e. The van der Waals surface area contributed by atoms with Crippen LogP contribution in [-0.4, -0.2) is 29.8 Å². The first kappa shape index (κ1) is 16.0.